The lowest BCUT2D eigenvalue weighted by Gasteiger charge is -2.38. The lowest BCUT2D eigenvalue weighted by atomic mass is 9.81. The van der Waals surface area contributed by atoms with Gasteiger partial charge in [-0.25, -0.2) is 0 Å². The fraction of sp³-hybridized carbons (Fsp3) is 1.00. The minimum absolute atomic E-state index is 0.349. The molecule has 1 aliphatic heterocycles. The van der Waals surface area contributed by atoms with E-state index < -0.39 is 0 Å². The molecule has 3 heteroatoms. The molecule has 0 bridgehead atoms. The number of aliphatic hydroxyl groups is 1. The third-order valence-electron chi connectivity index (χ3n) is 5.23. The monoisotopic (exact) mass is 285 g/mol. The summed E-state index contributed by atoms with van der Waals surface area (Å²) in [6, 6.07) is 0.729. The smallest absolute Gasteiger partial charge is 0.0431 e. The summed E-state index contributed by atoms with van der Waals surface area (Å²) in [6.45, 7) is 2.88. The maximum atomic E-state index is 9.04. The van der Waals surface area contributed by atoms with Crippen molar-refractivity contribution in [2.24, 2.45) is 5.41 Å². The average Bonchev–Trinajstić information content (AvgIpc) is 2.72. The van der Waals surface area contributed by atoms with Gasteiger partial charge in [0.25, 0.3) is 0 Å². The summed E-state index contributed by atoms with van der Waals surface area (Å²) < 4.78 is 0. The van der Waals surface area contributed by atoms with E-state index in [0.717, 1.165) is 18.2 Å². The number of aliphatic hydroxyl groups excluding tert-OH is 1. The maximum absolute atomic E-state index is 9.04. The van der Waals surface area contributed by atoms with Crippen LogP contribution in [0.15, 0.2) is 0 Å². The Kier molecular flexibility index (Phi) is 6.51. The fourth-order valence-electron chi connectivity index (χ4n) is 4.03. The molecule has 0 aromatic carbocycles. The Morgan fingerprint density at radius 1 is 1.11 bits per heavy atom. The SMILES string of the molecule is OCCCC1CCCN1CC1(CS)CCCCCC1. The molecule has 2 fully saturated rings. The molecule has 1 saturated heterocycles. The first kappa shape index (κ1) is 15.7. The van der Waals surface area contributed by atoms with Gasteiger partial charge in [-0.2, -0.15) is 12.6 Å². The molecule has 1 saturated carbocycles. The molecule has 1 atom stereocenters. The minimum Gasteiger partial charge on any atom is -0.396 e. The Morgan fingerprint density at radius 3 is 2.47 bits per heavy atom. The van der Waals surface area contributed by atoms with Gasteiger partial charge >= 0.3 is 0 Å². The molecule has 112 valence electrons. The minimum atomic E-state index is 0.349. The molecule has 0 radical (unpaired) electrons. The van der Waals surface area contributed by atoms with E-state index in [1.54, 1.807) is 0 Å². The fourth-order valence-corrected chi connectivity index (χ4v) is 4.45. The van der Waals surface area contributed by atoms with Gasteiger partial charge in [0.2, 0.25) is 0 Å². The van der Waals surface area contributed by atoms with Crippen LogP contribution in [0.5, 0.6) is 0 Å². The van der Waals surface area contributed by atoms with Gasteiger partial charge in [-0.3, -0.25) is 4.90 Å². The quantitative estimate of drug-likeness (QED) is 0.576. The molecule has 1 aliphatic carbocycles. The van der Waals surface area contributed by atoms with Crippen LogP contribution in [0.1, 0.15) is 64.2 Å². The first-order valence-corrected chi connectivity index (χ1v) is 8.89. The van der Waals surface area contributed by atoms with Crippen molar-refractivity contribution >= 4 is 12.6 Å². The van der Waals surface area contributed by atoms with Crippen molar-refractivity contribution in [3.8, 4) is 0 Å². The highest BCUT2D eigenvalue weighted by Crippen LogP contribution is 2.38. The van der Waals surface area contributed by atoms with Crippen LogP contribution in [0.3, 0.4) is 0 Å². The second-order valence-electron chi connectivity index (χ2n) is 6.70. The summed E-state index contributed by atoms with van der Waals surface area (Å²) in [6.07, 6.45) is 13.2. The van der Waals surface area contributed by atoms with Gasteiger partial charge < -0.3 is 5.11 Å². The summed E-state index contributed by atoms with van der Waals surface area (Å²) in [5.74, 6) is 1.05. The van der Waals surface area contributed by atoms with Crippen LogP contribution in [-0.2, 0) is 0 Å². The van der Waals surface area contributed by atoms with E-state index in [1.165, 1.54) is 70.9 Å². The van der Waals surface area contributed by atoms with E-state index in [0.29, 0.717) is 12.0 Å². The Bertz CT molecular complexity index is 251. The first-order valence-electron chi connectivity index (χ1n) is 8.25. The van der Waals surface area contributed by atoms with Crippen LogP contribution in [0.25, 0.3) is 0 Å². The number of hydrogen-bond acceptors (Lipinski definition) is 3. The van der Waals surface area contributed by atoms with Gasteiger partial charge in [0.15, 0.2) is 0 Å². The second kappa shape index (κ2) is 7.90. The van der Waals surface area contributed by atoms with E-state index in [4.69, 9.17) is 17.7 Å². The van der Waals surface area contributed by atoms with Gasteiger partial charge in [-0.15, -0.1) is 0 Å². The van der Waals surface area contributed by atoms with E-state index in [9.17, 15) is 0 Å². The number of rotatable bonds is 6. The largest absolute Gasteiger partial charge is 0.396 e. The van der Waals surface area contributed by atoms with Crippen molar-refractivity contribution < 1.29 is 5.11 Å². The molecule has 1 N–H and O–H groups in total. The number of likely N-dealkylation sites (tertiary alicyclic amines) is 1. The van der Waals surface area contributed by atoms with Crippen molar-refractivity contribution in [3.63, 3.8) is 0 Å². The highest BCUT2D eigenvalue weighted by molar-refractivity contribution is 7.80. The molecule has 0 amide bonds. The van der Waals surface area contributed by atoms with Crippen molar-refractivity contribution in [3.05, 3.63) is 0 Å². The summed E-state index contributed by atoms with van der Waals surface area (Å²) in [4.78, 5) is 2.72. The highest BCUT2D eigenvalue weighted by Gasteiger charge is 2.35. The van der Waals surface area contributed by atoms with Crippen LogP contribution < -0.4 is 0 Å². The Balaban J connectivity index is 1.92. The third-order valence-corrected chi connectivity index (χ3v) is 5.90. The molecule has 2 rings (SSSR count). The zero-order chi connectivity index (χ0) is 13.6. The Labute approximate surface area is 124 Å². The summed E-state index contributed by atoms with van der Waals surface area (Å²) >= 11 is 4.70. The predicted octanol–water partition coefficient (Wildman–Crippen LogP) is 3.49. The van der Waals surface area contributed by atoms with Crippen LogP contribution in [0, 0.1) is 5.41 Å². The summed E-state index contributed by atoms with van der Waals surface area (Å²) in [5, 5.41) is 9.04. The normalized spacial score (nSPS) is 28.4. The number of hydrogen-bond donors (Lipinski definition) is 2. The van der Waals surface area contributed by atoms with Crippen molar-refractivity contribution in [2.75, 3.05) is 25.4 Å². The molecule has 2 aliphatic rings. The molecule has 0 spiro atoms. The molecule has 0 aromatic rings. The van der Waals surface area contributed by atoms with Crippen molar-refractivity contribution in [1.29, 1.82) is 0 Å². The molecular formula is C16H31NOS. The molecule has 1 unspecified atom stereocenters. The number of thiol groups is 1. The Hall–Kier alpha value is 0.270. The molecular weight excluding hydrogens is 254 g/mol. The van der Waals surface area contributed by atoms with Gasteiger partial charge in [-0.1, -0.05) is 25.7 Å². The molecule has 2 nitrogen and oxygen atoms in total. The topological polar surface area (TPSA) is 23.5 Å². The standard InChI is InChI=1S/C16H31NOS/c18-12-6-8-15-7-5-11-17(15)13-16(14-19)9-3-1-2-4-10-16/h15,18-19H,1-14H2. The molecule has 0 aromatic heterocycles. The van der Waals surface area contributed by atoms with E-state index in [-0.39, 0.29) is 0 Å². The second-order valence-corrected chi connectivity index (χ2v) is 7.02. The van der Waals surface area contributed by atoms with Gasteiger partial charge in [0.1, 0.15) is 0 Å². The lowest BCUT2D eigenvalue weighted by Crippen LogP contribution is -2.41. The van der Waals surface area contributed by atoms with Gasteiger partial charge in [0.05, 0.1) is 0 Å². The maximum Gasteiger partial charge on any atom is 0.0431 e. The third kappa shape index (κ3) is 4.37. The predicted molar refractivity (Wildman–Crippen MR) is 84.9 cm³/mol. The highest BCUT2D eigenvalue weighted by atomic mass is 32.1. The van der Waals surface area contributed by atoms with E-state index >= 15 is 0 Å². The average molecular weight is 285 g/mol. The zero-order valence-corrected chi connectivity index (χ0v) is 13.2. The summed E-state index contributed by atoms with van der Waals surface area (Å²) in [7, 11) is 0. The van der Waals surface area contributed by atoms with E-state index in [1.807, 2.05) is 0 Å². The molecule has 1 heterocycles. The van der Waals surface area contributed by atoms with Gasteiger partial charge in [-0.05, 0) is 56.2 Å². The molecule has 19 heavy (non-hydrogen) atoms. The summed E-state index contributed by atoms with van der Waals surface area (Å²) in [5.41, 5.74) is 0.474. The number of nitrogens with zero attached hydrogens (tertiary/aromatic N) is 1. The van der Waals surface area contributed by atoms with Crippen LogP contribution in [-0.4, -0.2) is 41.5 Å². The lowest BCUT2D eigenvalue weighted by molar-refractivity contribution is 0.130. The van der Waals surface area contributed by atoms with Crippen molar-refractivity contribution in [2.45, 2.75) is 70.3 Å². The van der Waals surface area contributed by atoms with Crippen LogP contribution in [0.2, 0.25) is 0 Å². The Morgan fingerprint density at radius 2 is 1.84 bits per heavy atom. The van der Waals surface area contributed by atoms with Gasteiger partial charge in [0, 0.05) is 19.2 Å². The van der Waals surface area contributed by atoms with Crippen LogP contribution >= 0.6 is 12.6 Å². The van der Waals surface area contributed by atoms with Crippen LogP contribution in [0.4, 0.5) is 0 Å². The zero-order valence-electron chi connectivity index (χ0n) is 12.3. The van der Waals surface area contributed by atoms with Crippen molar-refractivity contribution in [1.82, 2.24) is 4.90 Å². The van der Waals surface area contributed by atoms with E-state index in [2.05, 4.69) is 4.90 Å². The first-order chi connectivity index (χ1) is 9.29.